The topological polar surface area (TPSA) is 79.7 Å². The molecule has 2 N–H and O–H groups in total. The Bertz CT molecular complexity index is 565. The zero-order valence-corrected chi connectivity index (χ0v) is 8.47. The molecule has 0 radical (unpaired) electrons. The molecule has 0 aliphatic heterocycles. The van der Waals surface area contributed by atoms with Crippen molar-refractivity contribution in [3.8, 4) is 11.5 Å². The van der Waals surface area contributed by atoms with E-state index in [9.17, 15) is 15.0 Å². The molecular weight excluding hydrogens is 210 g/mol. The van der Waals surface area contributed by atoms with Gasteiger partial charge in [-0.2, -0.15) is 0 Å². The number of hydrogen-bond acceptors (Lipinski definition) is 5. The van der Waals surface area contributed by atoms with E-state index in [-0.39, 0.29) is 17.1 Å². The van der Waals surface area contributed by atoms with Crippen LogP contribution in [-0.2, 0) is 4.74 Å². The molecule has 0 aliphatic carbocycles. The summed E-state index contributed by atoms with van der Waals surface area (Å²) in [6.07, 6.45) is 1.15. The van der Waals surface area contributed by atoms with Crippen molar-refractivity contribution in [2.75, 3.05) is 7.11 Å². The van der Waals surface area contributed by atoms with Gasteiger partial charge >= 0.3 is 5.97 Å². The second-order valence-corrected chi connectivity index (χ2v) is 3.21. The van der Waals surface area contributed by atoms with Crippen LogP contribution in [-0.4, -0.2) is 28.3 Å². The number of esters is 1. The van der Waals surface area contributed by atoms with E-state index in [1.807, 2.05) is 0 Å². The summed E-state index contributed by atoms with van der Waals surface area (Å²) in [5.41, 5.74) is 0.464. The van der Waals surface area contributed by atoms with Crippen molar-refractivity contribution >= 4 is 16.9 Å². The fourth-order valence-corrected chi connectivity index (χ4v) is 1.49. The van der Waals surface area contributed by atoms with E-state index in [0.29, 0.717) is 10.9 Å². The molecule has 2 aromatic rings. The number of hydrogen-bond donors (Lipinski definition) is 2. The molecule has 0 unspecified atom stereocenters. The van der Waals surface area contributed by atoms with Crippen molar-refractivity contribution < 1.29 is 19.7 Å². The summed E-state index contributed by atoms with van der Waals surface area (Å²) in [5.74, 6) is -0.845. The third-order valence-electron chi connectivity index (χ3n) is 2.22. The second-order valence-electron chi connectivity index (χ2n) is 3.21. The van der Waals surface area contributed by atoms with Crippen LogP contribution < -0.4 is 0 Å². The summed E-state index contributed by atoms with van der Waals surface area (Å²) in [7, 11) is 1.23. The molecule has 0 atom stereocenters. The fraction of sp³-hybridized carbons (Fsp3) is 0.0909. The number of carbonyl (C=O) groups is 1. The smallest absolute Gasteiger partial charge is 0.342 e. The van der Waals surface area contributed by atoms with Crippen LogP contribution in [0, 0.1) is 0 Å². The van der Waals surface area contributed by atoms with Gasteiger partial charge in [0, 0.05) is 11.5 Å². The SMILES string of the molecule is COC(=O)c1c(O)cnc2cc(O)ccc12. The number of pyridine rings is 1. The Kier molecular flexibility index (Phi) is 2.36. The van der Waals surface area contributed by atoms with Gasteiger partial charge in [0.05, 0.1) is 18.8 Å². The van der Waals surface area contributed by atoms with Gasteiger partial charge in [-0.05, 0) is 12.1 Å². The number of phenols is 1. The Balaban J connectivity index is 2.79. The average molecular weight is 219 g/mol. The standard InChI is InChI=1S/C11H9NO4/c1-16-11(15)10-7-3-2-6(13)4-8(7)12-5-9(10)14/h2-5,13-14H,1H3. The maximum Gasteiger partial charge on any atom is 0.342 e. The summed E-state index contributed by atoms with van der Waals surface area (Å²) < 4.78 is 4.57. The predicted octanol–water partition coefficient (Wildman–Crippen LogP) is 1.43. The van der Waals surface area contributed by atoms with Gasteiger partial charge in [-0.3, -0.25) is 4.98 Å². The minimum Gasteiger partial charge on any atom is -0.508 e. The number of rotatable bonds is 1. The maximum absolute atomic E-state index is 11.5. The normalized spacial score (nSPS) is 10.3. The number of phenolic OH excluding ortho intramolecular Hbond substituents is 1. The van der Waals surface area contributed by atoms with Crippen LogP contribution in [0.4, 0.5) is 0 Å². The summed E-state index contributed by atoms with van der Waals surface area (Å²) >= 11 is 0. The Morgan fingerprint density at radius 2 is 2.12 bits per heavy atom. The number of nitrogens with zero attached hydrogens (tertiary/aromatic N) is 1. The molecule has 82 valence electrons. The Morgan fingerprint density at radius 3 is 2.81 bits per heavy atom. The average Bonchev–Trinajstić information content (AvgIpc) is 2.28. The number of ether oxygens (including phenoxy) is 1. The first-order chi connectivity index (χ1) is 7.63. The lowest BCUT2D eigenvalue weighted by atomic mass is 10.1. The largest absolute Gasteiger partial charge is 0.508 e. The molecule has 0 saturated heterocycles. The van der Waals surface area contributed by atoms with Crippen LogP contribution in [0.15, 0.2) is 24.4 Å². The van der Waals surface area contributed by atoms with Gasteiger partial charge in [0.15, 0.2) is 0 Å². The minimum absolute atomic E-state index is 0.0431. The van der Waals surface area contributed by atoms with E-state index < -0.39 is 5.97 Å². The van der Waals surface area contributed by atoms with Crippen LogP contribution >= 0.6 is 0 Å². The number of aromatic nitrogens is 1. The van der Waals surface area contributed by atoms with Gasteiger partial charge in [0.1, 0.15) is 17.1 Å². The molecule has 0 aliphatic rings. The van der Waals surface area contributed by atoms with Crippen molar-refractivity contribution in [2.45, 2.75) is 0 Å². The van der Waals surface area contributed by atoms with Crippen molar-refractivity contribution in [3.63, 3.8) is 0 Å². The molecule has 1 heterocycles. The maximum atomic E-state index is 11.5. The Morgan fingerprint density at radius 1 is 1.38 bits per heavy atom. The highest BCUT2D eigenvalue weighted by molar-refractivity contribution is 6.05. The summed E-state index contributed by atoms with van der Waals surface area (Å²) in [6.45, 7) is 0. The van der Waals surface area contributed by atoms with Gasteiger partial charge in [-0.25, -0.2) is 4.79 Å². The number of carbonyl (C=O) groups excluding carboxylic acids is 1. The summed E-state index contributed by atoms with van der Waals surface area (Å²) in [4.78, 5) is 15.4. The lowest BCUT2D eigenvalue weighted by Crippen LogP contribution is -2.03. The number of methoxy groups -OCH3 is 1. The summed E-state index contributed by atoms with van der Waals surface area (Å²) in [5, 5.41) is 19.3. The molecule has 1 aromatic carbocycles. The molecule has 1 aromatic heterocycles. The highest BCUT2D eigenvalue weighted by Gasteiger charge is 2.16. The third kappa shape index (κ3) is 1.52. The molecule has 5 heteroatoms. The van der Waals surface area contributed by atoms with Crippen molar-refractivity contribution in [3.05, 3.63) is 30.0 Å². The number of benzene rings is 1. The van der Waals surface area contributed by atoms with E-state index in [1.165, 1.54) is 25.3 Å². The van der Waals surface area contributed by atoms with Crippen LogP contribution in [0.5, 0.6) is 11.5 Å². The molecule has 16 heavy (non-hydrogen) atoms. The molecular formula is C11H9NO4. The van der Waals surface area contributed by atoms with Gasteiger partial charge in [-0.15, -0.1) is 0 Å². The zero-order valence-electron chi connectivity index (χ0n) is 8.47. The van der Waals surface area contributed by atoms with Crippen molar-refractivity contribution in [1.82, 2.24) is 4.98 Å². The highest BCUT2D eigenvalue weighted by Crippen LogP contribution is 2.27. The Labute approximate surface area is 90.9 Å². The van der Waals surface area contributed by atoms with Crippen LogP contribution in [0.2, 0.25) is 0 Å². The van der Waals surface area contributed by atoms with Crippen molar-refractivity contribution in [2.24, 2.45) is 0 Å². The van der Waals surface area contributed by atoms with E-state index in [0.717, 1.165) is 6.20 Å². The Hall–Kier alpha value is -2.30. The molecule has 0 bridgehead atoms. The lowest BCUT2D eigenvalue weighted by Gasteiger charge is -2.06. The molecule has 0 fully saturated rings. The molecule has 0 amide bonds. The first-order valence-corrected chi connectivity index (χ1v) is 4.52. The van der Waals surface area contributed by atoms with E-state index in [4.69, 9.17) is 0 Å². The van der Waals surface area contributed by atoms with Crippen LogP contribution in [0.25, 0.3) is 10.9 Å². The first kappa shape index (κ1) is 10.2. The van der Waals surface area contributed by atoms with Gasteiger partial charge in [0.2, 0.25) is 0 Å². The van der Waals surface area contributed by atoms with Crippen LogP contribution in [0.1, 0.15) is 10.4 Å². The van der Waals surface area contributed by atoms with E-state index in [1.54, 1.807) is 0 Å². The second kappa shape index (κ2) is 3.69. The monoisotopic (exact) mass is 219 g/mol. The molecule has 5 nitrogen and oxygen atoms in total. The molecule has 0 spiro atoms. The van der Waals surface area contributed by atoms with E-state index >= 15 is 0 Å². The number of fused-ring (bicyclic) bond motifs is 1. The third-order valence-corrected chi connectivity index (χ3v) is 2.22. The van der Waals surface area contributed by atoms with Crippen LogP contribution in [0.3, 0.4) is 0 Å². The van der Waals surface area contributed by atoms with E-state index in [2.05, 4.69) is 9.72 Å². The molecule has 2 rings (SSSR count). The summed E-state index contributed by atoms with van der Waals surface area (Å²) in [6, 6.07) is 4.32. The quantitative estimate of drug-likeness (QED) is 0.709. The fourth-order valence-electron chi connectivity index (χ4n) is 1.49. The number of aromatic hydroxyl groups is 2. The predicted molar refractivity (Wildman–Crippen MR) is 56.4 cm³/mol. The van der Waals surface area contributed by atoms with Gasteiger partial charge < -0.3 is 14.9 Å². The first-order valence-electron chi connectivity index (χ1n) is 4.52. The highest BCUT2D eigenvalue weighted by atomic mass is 16.5. The van der Waals surface area contributed by atoms with Gasteiger partial charge in [0.25, 0.3) is 0 Å². The van der Waals surface area contributed by atoms with Crippen molar-refractivity contribution in [1.29, 1.82) is 0 Å². The molecule has 0 saturated carbocycles. The minimum atomic E-state index is -0.643. The van der Waals surface area contributed by atoms with Gasteiger partial charge in [-0.1, -0.05) is 0 Å². The lowest BCUT2D eigenvalue weighted by molar-refractivity contribution is 0.0599. The zero-order chi connectivity index (χ0) is 11.7.